The van der Waals surface area contributed by atoms with Gasteiger partial charge in [-0.2, -0.15) is 0 Å². The molecule has 0 rings (SSSR count). The summed E-state index contributed by atoms with van der Waals surface area (Å²) in [5, 5.41) is 6.83. The Morgan fingerprint density at radius 3 is 1.75 bits per heavy atom. The van der Waals surface area contributed by atoms with Crippen molar-refractivity contribution in [2.75, 3.05) is 0 Å². The maximum Gasteiger partial charge on any atom is 0.0997 e. The number of rotatable bonds is 0. The summed E-state index contributed by atoms with van der Waals surface area (Å²) in [6.07, 6.45) is 0. The van der Waals surface area contributed by atoms with E-state index in [1.54, 1.807) is 0 Å². The van der Waals surface area contributed by atoms with Gasteiger partial charge in [-0.3, -0.25) is 0 Å². The summed E-state index contributed by atoms with van der Waals surface area (Å²) >= 11 is 4.05. The molecule has 4 heavy (non-hydrogen) atoms. The molecule has 0 spiro atoms. The Labute approximate surface area is 43.1 Å². The molecule has 0 amide bonds. The number of hydrogen-bond acceptors (Lipinski definition) is 2. The molecule has 0 saturated carbocycles. The largest absolute Gasteiger partial charge is 0.233 e. The third kappa shape index (κ3) is 12.9. The van der Waals surface area contributed by atoms with E-state index in [9.17, 15) is 0 Å². The topological polar surface area (TPSA) is 29.5 Å². The summed E-state index contributed by atoms with van der Waals surface area (Å²) in [6.45, 7) is 0. The first-order chi connectivity index (χ1) is 1.41. The van der Waals surface area contributed by atoms with Crippen molar-refractivity contribution in [1.82, 2.24) is 0 Å². The van der Waals surface area contributed by atoms with E-state index in [0.717, 1.165) is 0 Å². The molecule has 0 aliphatic carbocycles. The van der Waals surface area contributed by atoms with Crippen molar-refractivity contribution in [3.8, 4) is 0 Å². The molecule has 0 saturated heterocycles. The summed E-state index contributed by atoms with van der Waals surface area (Å²) in [7, 11) is 0. The zero-order chi connectivity index (χ0) is 2.71. The fourth-order valence-corrected chi connectivity index (χ4v) is 0. The van der Waals surface area contributed by atoms with Gasteiger partial charge in [0.2, 0.25) is 0 Å². The van der Waals surface area contributed by atoms with Crippen LogP contribution in [0.1, 0.15) is 0 Å². The van der Waals surface area contributed by atoms with Gasteiger partial charge < -0.3 is 0 Å². The van der Waals surface area contributed by atoms with E-state index in [1.165, 1.54) is 0 Å². The van der Waals surface area contributed by atoms with E-state index in [-0.39, 0.29) is 21.1 Å². The van der Waals surface area contributed by atoms with Crippen LogP contribution in [0.2, 0.25) is 0 Å². The fourth-order valence-electron chi connectivity index (χ4n) is 0. The molecule has 0 aromatic heterocycles. The van der Waals surface area contributed by atoms with Gasteiger partial charge in [-0.25, -0.2) is 5.26 Å². The van der Waals surface area contributed by atoms with Gasteiger partial charge in [0.15, 0.2) is 0 Å². The second-order valence-electron chi connectivity index (χ2n) is 0.0690. The van der Waals surface area contributed by atoms with Gasteiger partial charge in [0.25, 0.3) is 0 Å². The Hall–Kier alpha value is 0.898. The van der Waals surface area contributed by atoms with Crippen molar-refractivity contribution >= 4 is 11.9 Å². The molecule has 4 heteroatoms. The van der Waals surface area contributed by atoms with Crippen molar-refractivity contribution in [3.05, 3.63) is 0 Å². The third-order valence-corrected chi connectivity index (χ3v) is 0. The third-order valence-electron chi connectivity index (χ3n) is 0. The van der Waals surface area contributed by atoms with E-state index < -0.39 is 0 Å². The summed E-state index contributed by atoms with van der Waals surface area (Å²) in [5.74, 6) is 0. The second-order valence-corrected chi connectivity index (χ2v) is 0.207. The van der Waals surface area contributed by atoms with Gasteiger partial charge in [0.1, 0.15) is 0 Å². The van der Waals surface area contributed by atoms with Gasteiger partial charge in [-0.1, -0.05) is 0 Å². The van der Waals surface area contributed by atoms with E-state index in [0.29, 0.717) is 0 Å². The molecule has 0 heterocycles. The Kier molecular flexibility index (Phi) is 20.1. The van der Waals surface area contributed by atoms with Crippen LogP contribution in [0.25, 0.3) is 0 Å². The van der Waals surface area contributed by atoms with Gasteiger partial charge in [-0.15, -0.1) is 4.44 Å². The van der Waals surface area contributed by atoms with Crippen molar-refractivity contribution in [2.45, 2.75) is 0 Å². The van der Waals surface area contributed by atoms with E-state index >= 15 is 0 Å². The van der Waals surface area contributed by atoms with E-state index in [4.69, 9.17) is 5.26 Å². The van der Waals surface area contributed by atoms with Crippen molar-refractivity contribution in [1.29, 1.82) is 0 Å². The average molecular weight is 252 g/mol. The molecule has 0 fully saturated rings. The Morgan fingerprint density at radius 1 is 1.75 bits per heavy atom. The summed E-state index contributed by atoms with van der Waals surface area (Å²) in [6, 6.07) is 0. The quantitative estimate of drug-likeness (QED) is 0.506. The molecule has 2 nitrogen and oxygen atoms in total. The van der Waals surface area contributed by atoms with Crippen molar-refractivity contribution in [3.63, 3.8) is 0 Å². The molecule has 0 unspecified atom stereocenters. The van der Waals surface area contributed by atoms with Gasteiger partial charge in [-0.05, 0) is 0 Å². The molecule has 0 aromatic carbocycles. The molecule has 26 valence electrons. The van der Waals surface area contributed by atoms with Crippen molar-refractivity contribution in [2.24, 2.45) is 0 Å². The Morgan fingerprint density at radius 2 is 1.75 bits per heavy atom. The maximum atomic E-state index is 6.83. The Balaban J connectivity index is 0. The maximum absolute atomic E-state index is 6.83. The normalized spacial score (nSPS) is 4.50. The van der Waals surface area contributed by atoms with Crippen LogP contribution < -0.4 is 0 Å². The monoisotopic (exact) mass is 252 g/mol. The smallest absolute Gasteiger partial charge is 0.0997 e. The molecule has 0 aromatic rings. The van der Waals surface area contributed by atoms with Crippen LogP contribution in [0, 0.1) is 0 Å². The number of halogens is 1. The van der Waals surface area contributed by atoms with Crippen LogP contribution in [0.15, 0.2) is 0 Å². The predicted octanol–water partition coefficient (Wildman–Crippen LogP) is 0.627. The zero-order valence-corrected chi connectivity index (χ0v) is 5.33. The zero-order valence-electron chi connectivity index (χ0n) is 1.64. The summed E-state index contributed by atoms with van der Waals surface area (Å²) in [5.41, 5.74) is 0. The molecular weight excluding hydrogens is 251 g/mol. The first-order valence-corrected chi connectivity index (χ1v) is 0.645. The van der Waals surface area contributed by atoms with Crippen molar-refractivity contribution < 1.29 is 30.8 Å². The predicted molar refractivity (Wildman–Crippen MR) is 9.57 cm³/mol. The van der Waals surface area contributed by atoms with Crippen LogP contribution in [0.5, 0.6) is 0 Å². The molecule has 0 aliphatic rings. The second kappa shape index (κ2) is 9.09. The van der Waals surface area contributed by atoms with Crippen LogP contribution in [-0.4, -0.2) is 5.26 Å². The fraction of sp³-hybridized carbons (Fsp3) is 0. The summed E-state index contributed by atoms with van der Waals surface area (Å²) in [4.78, 5) is 0. The molecule has 1 N–H and O–H groups in total. The van der Waals surface area contributed by atoms with Gasteiger partial charge >= 0.3 is 0 Å². The van der Waals surface area contributed by atoms with E-state index in [1.807, 2.05) is 0 Å². The van der Waals surface area contributed by atoms with Gasteiger partial charge in [0.05, 0.1) is 11.9 Å². The van der Waals surface area contributed by atoms with Crippen LogP contribution in [-0.2, 0) is 25.5 Å². The summed E-state index contributed by atoms with van der Waals surface area (Å²) < 4.78 is 2.72. The minimum absolute atomic E-state index is 0. The average Bonchev–Trinajstić information content (AvgIpc) is 0.918. The standard InChI is InChI=1S/ClHO2.W/c1-3-2;/h2H;. The molecule has 0 radical (unpaired) electrons. The number of hydrogen-bond donors (Lipinski definition) is 1. The molecule has 0 bridgehead atoms. The molecular formula is HClO2W. The van der Waals surface area contributed by atoms with E-state index in [2.05, 4.69) is 16.3 Å². The first-order valence-electron chi connectivity index (χ1n) is 0.337. The Bertz CT molecular complexity index is 6.00. The SMILES string of the molecule is OOCl.[W]. The minimum Gasteiger partial charge on any atom is -0.233 e. The molecule has 0 aliphatic heterocycles. The van der Waals surface area contributed by atoms with Crippen LogP contribution in [0.3, 0.4) is 0 Å². The first kappa shape index (κ1) is 8.86. The minimum atomic E-state index is 0. The van der Waals surface area contributed by atoms with Crippen LogP contribution in [0.4, 0.5) is 0 Å². The van der Waals surface area contributed by atoms with Crippen LogP contribution >= 0.6 is 11.9 Å². The van der Waals surface area contributed by atoms with Gasteiger partial charge in [0, 0.05) is 21.1 Å². The molecule has 0 atom stereocenters.